The molecule has 2 aromatic carbocycles. The van der Waals surface area contributed by atoms with Crippen LogP contribution in [0.3, 0.4) is 0 Å². The Bertz CT molecular complexity index is 811. The monoisotopic (exact) mass is 355 g/mol. The highest BCUT2D eigenvalue weighted by Gasteiger charge is 2.17. The van der Waals surface area contributed by atoms with E-state index in [1.165, 1.54) is 18.2 Å². The fourth-order valence-electron chi connectivity index (χ4n) is 1.91. The van der Waals surface area contributed by atoms with E-state index in [9.17, 15) is 18.5 Å². The number of hydrogen-bond acceptors (Lipinski definition) is 5. The van der Waals surface area contributed by atoms with Crippen molar-refractivity contribution < 1.29 is 13.3 Å². The summed E-state index contributed by atoms with van der Waals surface area (Å²) in [5.74, 6) is 0. The highest BCUT2D eigenvalue weighted by atomic mass is 35.5. The molecule has 0 aromatic heterocycles. The largest absolute Gasteiger partial charge is 0.378 e. The van der Waals surface area contributed by atoms with Crippen molar-refractivity contribution in [1.29, 1.82) is 0 Å². The summed E-state index contributed by atoms with van der Waals surface area (Å²) < 4.78 is 26.6. The van der Waals surface area contributed by atoms with E-state index >= 15 is 0 Å². The minimum Gasteiger partial charge on any atom is -0.378 e. The molecular formula is C14H14ClN3O4S. The Hall–Kier alpha value is -2.16. The first-order valence-corrected chi connectivity index (χ1v) is 8.49. The number of halogens is 1. The van der Waals surface area contributed by atoms with Crippen LogP contribution in [0.25, 0.3) is 0 Å². The molecule has 7 nitrogen and oxygen atoms in total. The number of benzene rings is 2. The van der Waals surface area contributed by atoms with Crippen LogP contribution in [-0.2, 0) is 10.0 Å². The first-order valence-electron chi connectivity index (χ1n) is 6.63. The van der Waals surface area contributed by atoms with Crippen LogP contribution in [-0.4, -0.2) is 26.4 Å². The molecule has 0 fully saturated rings. The summed E-state index contributed by atoms with van der Waals surface area (Å²) in [7, 11) is -3.73. The Kier molecular flexibility index (Phi) is 5.54. The van der Waals surface area contributed by atoms with Gasteiger partial charge in [-0.15, -0.1) is 0 Å². The molecule has 0 radical (unpaired) electrons. The maximum absolute atomic E-state index is 12.1. The lowest BCUT2D eigenvalue weighted by molar-refractivity contribution is -0.384. The van der Waals surface area contributed by atoms with Gasteiger partial charge in [-0.3, -0.25) is 10.1 Å². The quantitative estimate of drug-likeness (QED) is 0.451. The van der Waals surface area contributed by atoms with E-state index < -0.39 is 14.9 Å². The number of nitrogens with one attached hydrogen (secondary N) is 2. The SMILES string of the molecule is O=[N+]([O-])c1ccccc1NCCNS(=O)(=O)c1ccccc1Cl. The summed E-state index contributed by atoms with van der Waals surface area (Å²) >= 11 is 5.86. The molecule has 122 valence electrons. The van der Waals surface area contributed by atoms with E-state index in [1.807, 2.05) is 0 Å². The van der Waals surface area contributed by atoms with Crippen LogP contribution in [0, 0.1) is 10.1 Å². The van der Waals surface area contributed by atoms with Crippen molar-refractivity contribution in [3.05, 3.63) is 63.7 Å². The predicted octanol–water partition coefficient (Wildman–Crippen LogP) is 2.64. The lowest BCUT2D eigenvalue weighted by Gasteiger charge is -2.10. The molecule has 0 bridgehead atoms. The first-order chi connectivity index (χ1) is 10.9. The lowest BCUT2D eigenvalue weighted by Crippen LogP contribution is -2.29. The predicted molar refractivity (Wildman–Crippen MR) is 88.2 cm³/mol. The molecule has 2 aromatic rings. The summed E-state index contributed by atoms with van der Waals surface area (Å²) in [4.78, 5) is 10.4. The van der Waals surface area contributed by atoms with Gasteiger partial charge in [0.1, 0.15) is 10.6 Å². The van der Waals surface area contributed by atoms with Gasteiger partial charge in [0.15, 0.2) is 0 Å². The fraction of sp³-hybridized carbons (Fsp3) is 0.143. The second-order valence-electron chi connectivity index (χ2n) is 4.53. The zero-order valence-corrected chi connectivity index (χ0v) is 13.5. The highest BCUT2D eigenvalue weighted by molar-refractivity contribution is 7.89. The van der Waals surface area contributed by atoms with Crippen molar-refractivity contribution in [2.75, 3.05) is 18.4 Å². The zero-order chi connectivity index (χ0) is 16.9. The number of nitrogens with zero attached hydrogens (tertiary/aromatic N) is 1. The Morgan fingerprint density at radius 2 is 1.70 bits per heavy atom. The third kappa shape index (κ3) is 4.41. The molecule has 0 spiro atoms. The molecule has 0 aliphatic carbocycles. The number of rotatable bonds is 7. The summed E-state index contributed by atoms with van der Waals surface area (Å²) in [6.07, 6.45) is 0. The number of sulfonamides is 1. The van der Waals surface area contributed by atoms with Crippen molar-refractivity contribution in [3.63, 3.8) is 0 Å². The van der Waals surface area contributed by atoms with Gasteiger partial charge < -0.3 is 5.32 Å². The molecule has 23 heavy (non-hydrogen) atoms. The van der Waals surface area contributed by atoms with Crippen LogP contribution in [0.4, 0.5) is 11.4 Å². The topological polar surface area (TPSA) is 101 Å². The van der Waals surface area contributed by atoms with Crippen molar-refractivity contribution in [2.45, 2.75) is 4.90 Å². The number of nitro groups is 1. The van der Waals surface area contributed by atoms with Crippen molar-refractivity contribution >= 4 is 33.0 Å². The fourth-order valence-corrected chi connectivity index (χ4v) is 3.45. The molecule has 0 saturated heterocycles. The van der Waals surface area contributed by atoms with Crippen LogP contribution >= 0.6 is 11.6 Å². The standard InChI is InChI=1S/C14H14ClN3O4S/c15-11-5-1-4-8-14(11)23(21,22)17-10-9-16-12-6-2-3-7-13(12)18(19)20/h1-8,16-17H,9-10H2. The number of nitro benzene ring substituents is 1. The minimum atomic E-state index is -3.73. The van der Waals surface area contributed by atoms with Crippen molar-refractivity contribution in [1.82, 2.24) is 4.72 Å². The Balaban J connectivity index is 1.96. The van der Waals surface area contributed by atoms with Crippen molar-refractivity contribution in [3.8, 4) is 0 Å². The van der Waals surface area contributed by atoms with Gasteiger partial charge in [-0.05, 0) is 18.2 Å². The molecule has 0 unspecified atom stereocenters. The first kappa shape index (κ1) is 17.2. The van der Waals surface area contributed by atoms with Crippen LogP contribution in [0.15, 0.2) is 53.4 Å². The number of hydrogen-bond donors (Lipinski definition) is 2. The minimum absolute atomic E-state index is 0.00708. The van der Waals surface area contributed by atoms with E-state index in [0.29, 0.717) is 5.69 Å². The molecular weight excluding hydrogens is 342 g/mol. The van der Waals surface area contributed by atoms with Gasteiger partial charge in [0.2, 0.25) is 10.0 Å². The van der Waals surface area contributed by atoms with E-state index in [4.69, 9.17) is 11.6 Å². The maximum Gasteiger partial charge on any atom is 0.292 e. The summed E-state index contributed by atoms with van der Waals surface area (Å²) in [5, 5.41) is 13.8. The van der Waals surface area contributed by atoms with Gasteiger partial charge in [0.25, 0.3) is 5.69 Å². The maximum atomic E-state index is 12.1. The van der Waals surface area contributed by atoms with Gasteiger partial charge in [0, 0.05) is 19.2 Å². The highest BCUT2D eigenvalue weighted by Crippen LogP contribution is 2.23. The molecule has 0 saturated carbocycles. The van der Waals surface area contributed by atoms with Gasteiger partial charge in [0.05, 0.1) is 9.95 Å². The second-order valence-corrected chi connectivity index (χ2v) is 6.67. The van der Waals surface area contributed by atoms with Crippen LogP contribution in [0.2, 0.25) is 5.02 Å². The van der Waals surface area contributed by atoms with E-state index in [2.05, 4.69) is 10.0 Å². The summed E-state index contributed by atoms with van der Waals surface area (Å²) in [5.41, 5.74) is 0.260. The van der Waals surface area contributed by atoms with Gasteiger partial charge in [-0.1, -0.05) is 35.9 Å². The molecule has 0 aliphatic rings. The van der Waals surface area contributed by atoms with Gasteiger partial charge in [-0.2, -0.15) is 0 Å². The van der Waals surface area contributed by atoms with Gasteiger partial charge in [-0.25, -0.2) is 13.1 Å². The Labute approximate surface area is 138 Å². The molecule has 2 N–H and O–H groups in total. The smallest absolute Gasteiger partial charge is 0.292 e. The second kappa shape index (κ2) is 7.40. The van der Waals surface area contributed by atoms with Crippen LogP contribution in [0.1, 0.15) is 0 Å². The molecule has 0 atom stereocenters. The Morgan fingerprint density at radius 1 is 1.04 bits per heavy atom. The number of anilines is 1. The zero-order valence-electron chi connectivity index (χ0n) is 11.9. The molecule has 9 heteroatoms. The molecule has 2 rings (SSSR count). The molecule has 0 aliphatic heterocycles. The lowest BCUT2D eigenvalue weighted by atomic mass is 10.2. The average molecular weight is 356 g/mol. The summed E-state index contributed by atoms with van der Waals surface area (Å²) in [6.45, 7) is 0.244. The molecule has 0 heterocycles. The third-order valence-corrected chi connectivity index (χ3v) is 4.92. The van der Waals surface area contributed by atoms with E-state index in [1.54, 1.807) is 30.3 Å². The van der Waals surface area contributed by atoms with Crippen LogP contribution < -0.4 is 10.0 Å². The average Bonchev–Trinajstić information content (AvgIpc) is 2.52. The van der Waals surface area contributed by atoms with Crippen LogP contribution in [0.5, 0.6) is 0 Å². The number of para-hydroxylation sites is 2. The summed E-state index contributed by atoms with van der Waals surface area (Å²) in [6, 6.07) is 12.2. The molecule has 0 amide bonds. The van der Waals surface area contributed by atoms with E-state index in [0.717, 1.165) is 0 Å². The van der Waals surface area contributed by atoms with Crippen molar-refractivity contribution in [2.24, 2.45) is 0 Å². The van der Waals surface area contributed by atoms with Gasteiger partial charge >= 0.3 is 0 Å². The van der Waals surface area contributed by atoms with E-state index in [-0.39, 0.29) is 28.7 Å². The Morgan fingerprint density at radius 3 is 2.39 bits per heavy atom. The third-order valence-electron chi connectivity index (χ3n) is 2.96. The normalized spacial score (nSPS) is 11.2.